The van der Waals surface area contributed by atoms with E-state index in [2.05, 4.69) is 10.6 Å². The fourth-order valence-corrected chi connectivity index (χ4v) is 3.49. The van der Waals surface area contributed by atoms with Crippen LogP contribution in [0.3, 0.4) is 0 Å². The van der Waals surface area contributed by atoms with E-state index in [1.165, 1.54) is 0 Å². The molecule has 1 aliphatic heterocycles. The zero-order valence-corrected chi connectivity index (χ0v) is 13.2. The molecule has 0 bridgehead atoms. The molecule has 21 heavy (non-hydrogen) atoms. The van der Waals surface area contributed by atoms with Crippen LogP contribution in [0.15, 0.2) is 35.2 Å². The van der Waals surface area contributed by atoms with Crippen molar-refractivity contribution in [2.45, 2.75) is 36.5 Å². The van der Waals surface area contributed by atoms with E-state index in [-0.39, 0.29) is 23.7 Å². The van der Waals surface area contributed by atoms with Gasteiger partial charge in [-0.25, -0.2) is 0 Å². The average molecular weight is 307 g/mol. The lowest BCUT2D eigenvalue weighted by atomic mass is 10.2. The minimum Gasteiger partial charge on any atom is -0.342 e. The molecule has 2 rings (SSSR count). The maximum atomic E-state index is 12.3. The van der Waals surface area contributed by atoms with Crippen LogP contribution in [0, 0.1) is 11.3 Å². The van der Waals surface area contributed by atoms with Crippen molar-refractivity contribution in [1.29, 1.82) is 5.26 Å². The van der Waals surface area contributed by atoms with Gasteiger partial charge in [-0.05, 0) is 18.6 Å². The Morgan fingerprint density at radius 1 is 1.43 bits per heavy atom. The number of nitrogens with zero attached hydrogens (tertiary/aromatic N) is 1. The third-order valence-corrected chi connectivity index (χ3v) is 4.73. The summed E-state index contributed by atoms with van der Waals surface area (Å²) in [7, 11) is -1.11. The highest BCUT2D eigenvalue weighted by Crippen LogP contribution is 2.19. The van der Waals surface area contributed by atoms with Crippen LogP contribution in [0.25, 0.3) is 0 Å². The molecular weight excluding hydrogens is 286 g/mol. The van der Waals surface area contributed by atoms with Crippen LogP contribution >= 0.6 is 0 Å². The summed E-state index contributed by atoms with van der Waals surface area (Å²) in [5.41, 5.74) is 0. The number of hydrogen-bond donors (Lipinski definition) is 2. The zero-order chi connectivity index (χ0) is 15.7. The third-order valence-electron chi connectivity index (χ3n) is 3.03. The predicted octanol–water partition coefficient (Wildman–Crippen LogP) is 1.19. The Hall–Kier alpha value is -1.71. The Kier molecular flexibility index (Phi) is 7.65. The summed E-state index contributed by atoms with van der Waals surface area (Å²) in [5, 5.41) is 13.9. The molecule has 0 aliphatic carbocycles. The first-order valence-electron chi connectivity index (χ1n) is 7.06. The van der Waals surface area contributed by atoms with Gasteiger partial charge in [0.2, 0.25) is 5.91 Å². The van der Waals surface area contributed by atoms with Crippen molar-refractivity contribution in [3.63, 3.8) is 0 Å². The zero-order valence-electron chi connectivity index (χ0n) is 12.3. The molecule has 2 unspecified atom stereocenters. The van der Waals surface area contributed by atoms with Gasteiger partial charge in [0.25, 0.3) is 0 Å². The second-order valence-electron chi connectivity index (χ2n) is 4.30. The van der Waals surface area contributed by atoms with Gasteiger partial charge in [-0.3, -0.25) is 9.00 Å². The van der Waals surface area contributed by atoms with Gasteiger partial charge in [0, 0.05) is 11.4 Å². The van der Waals surface area contributed by atoms with Crippen molar-refractivity contribution in [2.24, 2.45) is 0 Å². The second kappa shape index (κ2) is 9.27. The van der Waals surface area contributed by atoms with Crippen LogP contribution in [-0.2, 0) is 15.6 Å². The lowest BCUT2D eigenvalue weighted by Crippen LogP contribution is -2.40. The molecular formula is C15H21N3O2S. The van der Waals surface area contributed by atoms with Crippen LogP contribution in [-0.4, -0.2) is 34.5 Å². The van der Waals surface area contributed by atoms with E-state index >= 15 is 0 Å². The Morgan fingerprint density at radius 3 is 2.71 bits per heavy atom. The number of carbonyl (C=O) groups excluding carboxylic acids is 1. The van der Waals surface area contributed by atoms with Gasteiger partial charge >= 0.3 is 0 Å². The molecule has 0 radical (unpaired) electrons. The number of amides is 1. The Labute approximate surface area is 128 Å². The predicted molar refractivity (Wildman–Crippen MR) is 83.0 cm³/mol. The average Bonchev–Trinajstić information content (AvgIpc) is 3.04. The molecule has 5 nitrogen and oxygen atoms in total. The summed E-state index contributed by atoms with van der Waals surface area (Å²) in [6, 6.07) is 10.8. The quantitative estimate of drug-likeness (QED) is 0.819. The Balaban J connectivity index is 0.00000106. The van der Waals surface area contributed by atoms with E-state index in [0.717, 1.165) is 4.90 Å². The molecule has 1 heterocycles. The normalized spacial score (nSPS) is 21.6. The number of carbonyl (C=O) groups is 1. The smallest absolute Gasteiger partial charge is 0.238 e. The molecule has 1 saturated heterocycles. The van der Waals surface area contributed by atoms with Gasteiger partial charge in [0.05, 0.1) is 28.2 Å². The molecule has 1 aliphatic rings. The number of hydrogen-bond acceptors (Lipinski definition) is 4. The van der Waals surface area contributed by atoms with Crippen LogP contribution in [0.5, 0.6) is 0 Å². The van der Waals surface area contributed by atoms with E-state index in [9.17, 15) is 9.00 Å². The molecule has 3 atom stereocenters. The van der Waals surface area contributed by atoms with Crippen molar-refractivity contribution >= 4 is 16.7 Å². The van der Waals surface area contributed by atoms with Gasteiger partial charge in [-0.15, -0.1) is 0 Å². The number of benzene rings is 1. The lowest BCUT2D eigenvalue weighted by Gasteiger charge is -2.10. The monoisotopic (exact) mass is 307 g/mol. The maximum Gasteiger partial charge on any atom is 0.238 e. The molecule has 114 valence electrons. The van der Waals surface area contributed by atoms with Crippen molar-refractivity contribution in [3.05, 3.63) is 30.3 Å². The first-order chi connectivity index (χ1) is 10.2. The summed E-state index contributed by atoms with van der Waals surface area (Å²) in [6.45, 7) is 4.55. The third kappa shape index (κ3) is 4.96. The van der Waals surface area contributed by atoms with E-state index in [1.807, 2.05) is 50.2 Å². The van der Waals surface area contributed by atoms with E-state index in [0.29, 0.717) is 13.0 Å². The van der Waals surface area contributed by atoms with Gasteiger partial charge in [0.1, 0.15) is 6.54 Å². The SMILES string of the molecule is CC.N#CCNC(=O)[C@@H]1CC(S(=O)c2ccccc2)CN1. The topological polar surface area (TPSA) is 82.0 Å². The molecule has 0 aromatic heterocycles. The van der Waals surface area contributed by atoms with Crippen molar-refractivity contribution in [2.75, 3.05) is 13.1 Å². The van der Waals surface area contributed by atoms with Gasteiger partial charge in [-0.2, -0.15) is 5.26 Å². The second-order valence-corrected chi connectivity index (χ2v) is 6.04. The largest absolute Gasteiger partial charge is 0.342 e. The van der Waals surface area contributed by atoms with Gasteiger partial charge < -0.3 is 10.6 Å². The fourth-order valence-electron chi connectivity index (χ4n) is 2.06. The number of nitrogens with one attached hydrogen (secondary N) is 2. The van der Waals surface area contributed by atoms with Crippen LogP contribution in [0.1, 0.15) is 20.3 Å². The van der Waals surface area contributed by atoms with Crippen LogP contribution in [0.2, 0.25) is 0 Å². The summed E-state index contributed by atoms with van der Waals surface area (Å²) in [6.07, 6.45) is 0.527. The lowest BCUT2D eigenvalue weighted by molar-refractivity contribution is -0.122. The Morgan fingerprint density at radius 2 is 2.10 bits per heavy atom. The van der Waals surface area contributed by atoms with E-state index in [4.69, 9.17) is 5.26 Å². The first-order valence-corrected chi connectivity index (χ1v) is 8.27. The molecule has 0 saturated carbocycles. The number of rotatable bonds is 4. The Bertz CT molecular complexity index is 513. The van der Waals surface area contributed by atoms with Crippen LogP contribution in [0.4, 0.5) is 0 Å². The first kappa shape index (κ1) is 17.3. The summed E-state index contributed by atoms with van der Waals surface area (Å²) < 4.78 is 12.3. The van der Waals surface area contributed by atoms with Gasteiger partial charge in [0.15, 0.2) is 0 Å². The molecule has 1 aromatic carbocycles. The minimum absolute atomic E-state index is 0.00343. The molecule has 1 amide bonds. The highest BCUT2D eigenvalue weighted by molar-refractivity contribution is 7.85. The van der Waals surface area contributed by atoms with Crippen molar-refractivity contribution in [3.8, 4) is 6.07 Å². The highest BCUT2D eigenvalue weighted by atomic mass is 32.2. The highest BCUT2D eigenvalue weighted by Gasteiger charge is 2.33. The standard InChI is InChI=1S/C13H15N3O2S.C2H6/c14-6-7-15-13(17)12-8-11(9-16-12)19(18)10-4-2-1-3-5-10;1-2/h1-5,11-12,16H,7-9H2,(H,15,17);1-2H3/t11?,12-,19?;/m0./s1. The number of nitriles is 1. The van der Waals surface area contributed by atoms with Gasteiger partial charge in [-0.1, -0.05) is 32.0 Å². The molecule has 1 fully saturated rings. The molecule has 1 aromatic rings. The maximum absolute atomic E-state index is 12.3. The van der Waals surface area contributed by atoms with E-state index in [1.54, 1.807) is 0 Å². The summed E-state index contributed by atoms with van der Waals surface area (Å²) in [4.78, 5) is 12.5. The summed E-state index contributed by atoms with van der Waals surface area (Å²) >= 11 is 0. The minimum atomic E-state index is -1.11. The molecule has 2 N–H and O–H groups in total. The fraction of sp³-hybridized carbons (Fsp3) is 0.467. The van der Waals surface area contributed by atoms with Crippen LogP contribution < -0.4 is 10.6 Å². The van der Waals surface area contributed by atoms with Crippen molar-refractivity contribution < 1.29 is 9.00 Å². The molecule has 6 heteroatoms. The summed E-state index contributed by atoms with van der Waals surface area (Å²) in [5.74, 6) is -0.200. The van der Waals surface area contributed by atoms with E-state index < -0.39 is 10.8 Å². The van der Waals surface area contributed by atoms with Crippen molar-refractivity contribution in [1.82, 2.24) is 10.6 Å². The molecule has 0 spiro atoms.